The molecule has 0 radical (unpaired) electrons. The zero-order valence-corrected chi connectivity index (χ0v) is 11.3. The molecule has 94 valence electrons. The van der Waals surface area contributed by atoms with E-state index in [1.54, 1.807) is 24.3 Å². The number of fused-ring (bicyclic) bond motifs is 3. The summed E-state index contributed by atoms with van der Waals surface area (Å²) in [6.45, 7) is 0. The second kappa shape index (κ2) is 4.52. The molecule has 0 N–H and O–H groups in total. The lowest BCUT2D eigenvalue weighted by Crippen LogP contribution is -2.12. The fourth-order valence-electron chi connectivity index (χ4n) is 2.61. The predicted molar refractivity (Wildman–Crippen MR) is 73.9 cm³/mol. The highest BCUT2D eigenvalue weighted by Gasteiger charge is 2.30. The van der Waals surface area contributed by atoms with Gasteiger partial charge in [-0.25, -0.2) is 4.39 Å². The molecule has 0 amide bonds. The topological polar surface area (TPSA) is 23.8 Å². The van der Waals surface area contributed by atoms with Gasteiger partial charge in [-0.3, -0.25) is 0 Å². The third-order valence-electron chi connectivity index (χ3n) is 3.44. The molecule has 0 spiro atoms. The van der Waals surface area contributed by atoms with E-state index in [0.717, 1.165) is 11.1 Å². The molecule has 1 aliphatic rings. The first-order valence-corrected chi connectivity index (χ1v) is 6.54. The van der Waals surface area contributed by atoms with Gasteiger partial charge in [0.1, 0.15) is 5.82 Å². The maximum absolute atomic E-state index is 14.0. The molecule has 19 heavy (non-hydrogen) atoms. The molecule has 1 atom stereocenters. The standard InChI is InChI=1S/C15H8Cl2FN/c16-11-4-5-12(17)15-9-2-1-3-13(18)14(9)8(7-19)6-10(11)15/h1-5,8H,6H2. The van der Waals surface area contributed by atoms with E-state index in [-0.39, 0.29) is 5.82 Å². The number of benzene rings is 2. The number of hydrogen-bond acceptors (Lipinski definition) is 1. The largest absolute Gasteiger partial charge is 0.207 e. The summed E-state index contributed by atoms with van der Waals surface area (Å²) in [6.07, 6.45) is 0.388. The van der Waals surface area contributed by atoms with E-state index in [9.17, 15) is 9.65 Å². The highest BCUT2D eigenvalue weighted by molar-refractivity contribution is 6.36. The number of rotatable bonds is 0. The molecule has 2 aromatic rings. The minimum absolute atomic E-state index is 0.370. The van der Waals surface area contributed by atoms with Crippen molar-refractivity contribution in [3.63, 3.8) is 0 Å². The summed E-state index contributed by atoms with van der Waals surface area (Å²) < 4.78 is 14.0. The predicted octanol–water partition coefficient (Wildman–Crippen LogP) is 4.96. The summed E-state index contributed by atoms with van der Waals surface area (Å²) in [6, 6.07) is 10.3. The van der Waals surface area contributed by atoms with E-state index in [0.29, 0.717) is 27.6 Å². The van der Waals surface area contributed by atoms with Crippen LogP contribution in [0.1, 0.15) is 17.0 Å². The lowest BCUT2D eigenvalue weighted by Gasteiger charge is -2.25. The van der Waals surface area contributed by atoms with E-state index in [1.165, 1.54) is 6.07 Å². The fourth-order valence-corrected chi connectivity index (χ4v) is 3.12. The van der Waals surface area contributed by atoms with Crippen LogP contribution in [0.5, 0.6) is 0 Å². The Labute approximate surface area is 120 Å². The molecular formula is C15H8Cl2FN. The van der Waals surface area contributed by atoms with Crippen LogP contribution in [0.3, 0.4) is 0 Å². The van der Waals surface area contributed by atoms with Crippen molar-refractivity contribution in [2.75, 3.05) is 0 Å². The summed E-state index contributed by atoms with van der Waals surface area (Å²) >= 11 is 12.4. The van der Waals surface area contributed by atoms with Crippen molar-refractivity contribution in [3.8, 4) is 17.2 Å². The third kappa shape index (κ3) is 1.82. The van der Waals surface area contributed by atoms with Crippen LogP contribution < -0.4 is 0 Å². The van der Waals surface area contributed by atoms with Crippen molar-refractivity contribution in [3.05, 3.63) is 57.3 Å². The molecule has 1 aliphatic carbocycles. The molecule has 0 aliphatic heterocycles. The molecule has 4 heteroatoms. The van der Waals surface area contributed by atoms with Crippen LogP contribution in [0.25, 0.3) is 11.1 Å². The number of hydrogen-bond donors (Lipinski definition) is 0. The minimum Gasteiger partial charge on any atom is -0.207 e. The Balaban J connectivity index is 2.40. The third-order valence-corrected chi connectivity index (χ3v) is 4.11. The van der Waals surface area contributed by atoms with Crippen LogP contribution in [0.15, 0.2) is 30.3 Å². The Morgan fingerprint density at radius 3 is 2.63 bits per heavy atom. The Morgan fingerprint density at radius 1 is 1.16 bits per heavy atom. The molecule has 0 heterocycles. The quantitative estimate of drug-likeness (QED) is 0.673. The van der Waals surface area contributed by atoms with Crippen molar-refractivity contribution >= 4 is 23.2 Å². The molecule has 0 saturated heterocycles. The number of nitrogens with zero attached hydrogens (tertiary/aromatic N) is 1. The second-order valence-corrected chi connectivity index (χ2v) is 5.28. The average molecular weight is 292 g/mol. The van der Waals surface area contributed by atoms with Crippen molar-refractivity contribution in [2.24, 2.45) is 0 Å². The summed E-state index contributed by atoms with van der Waals surface area (Å²) in [7, 11) is 0. The highest BCUT2D eigenvalue weighted by Crippen LogP contribution is 2.46. The van der Waals surface area contributed by atoms with E-state index in [2.05, 4.69) is 6.07 Å². The fraction of sp³-hybridized carbons (Fsp3) is 0.133. The SMILES string of the molecule is N#CC1Cc2c(Cl)ccc(Cl)c2-c2cccc(F)c21. The lowest BCUT2D eigenvalue weighted by atomic mass is 9.79. The van der Waals surface area contributed by atoms with Crippen LogP contribution in [0.4, 0.5) is 4.39 Å². The maximum Gasteiger partial charge on any atom is 0.128 e. The smallest absolute Gasteiger partial charge is 0.128 e. The molecule has 1 nitrogen and oxygen atoms in total. The molecule has 0 fully saturated rings. The van der Waals surface area contributed by atoms with Gasteiger partial charge in [0.25, 0.3) is 0 Å². The van der Waals surface area contributed by atoms with Gasteiger partial charge >= 0.3 is 0 Å². The second-order valence-electron chi connectivity index (χ2n) is 4.47. The first-order chi connectivity index (χ1) is 9.13. The highest BCUT2D eigenvalue weighted by atomic mass is 35.5. The van der Waals surface area contributed by atoms with E-state index in [1.807, 2.05) is 0 Å². The van der Waals surface area contributed by atoms with Crippen molar-refractivity contribution < 1.29 is 4.39 Å². The van der Waals surface area contributed by atoms with Gasteiger partial charge in [0.15, 0.2) is 0 Å². The van der Waals surface area contributed by atoms with E-state index >= 15 is 0 Å². The zero-order chi connectivity index (χ0) is 13.6. The van der Waals surface area contributed by atoms with E-state index < -0.39 is 5.92 Å². The normalized spacial score (nSPS) is 16.4. The molecular weight excluding hydrogens is 284 g/mol. The molecule has 0 saturated carbocycles. The van der Waals surface area contributed by atoms with Gasteiger partial charge in [-0.1, -0.05) is 35.3 Å². The Kier molecular flexibility index (Phi) is 2.97. The minimum atomic E-state index is -0.528. The van der Waals surface area contributed by atoms with Gasteiger partial charge in [0, 0.05) is 21.2 Å². The van der Waals surface area contributed by atoms with Gasteiger partial charge in [0.2, 0.25) is 0 Å². The molecule has 0 bridgehead atoms. The molecule has 1 unspecified atom stereocenters. The van der Waals surface area contributed by atoms with Gasteiger partial charge in [0.05, 0.1) is 12.0 Å². The van der Waals surface area contributed by atoms with Crippen LogP contribution in [-0.4, -0.2) is 0 Å². The van der Waals surface area contributed by atoms with Crippen molar-refractivity contribution in [2.45, 2.75) is 12.3 Å². The summed E-state index contributed by atoms with van der Waals surface area (Å²) in [5, 5.41) is 10.3. The summed E-state index contributed by atoms with van der Waals surface area (Å²) in [4.78, 5) is 0. The van der Waals surface area contributed by atoms with Crippen molar-refractivity contribution in [1.82, 2.24) is 0 Å². The van der Waals surface area contributed by atoms with Crippen LogP contribution in [0, 0.1) is 17.1 Å². The summed E-state index contributed by atoms with van der Waals surface area (Å²) in [5.74, 6) is -0.898. The lowest BCUT2D eigenvalue weighted by molar-refractivity contribution is 0.599. The number of nitriles is 1. The van der Waals surface area contributed by atoms with Gasteiger partial charge in [-0.15, -0.1) is 0 Å². The first-order valence-electron chi connectivity index (χ1n) is 5.78. The Morgan fingerprint density at radius 2 is 1.89 bits per heavy atom. The van der Waals surface area contributed by atoms with Gasteiger partial charge in [-0.2, -0.15) is 5.26 Å². The molecule has 0 aromatic heterocycles. The molecule has 2 aromatic carbocycles. The van der Waals surface area contributed by atoms with Gasteiger partial charge < -0.3 is 0 Å². The first kappa shape index (κ1) is 12.5. The monoisotopic (exact) mass is 291 g/mol. The Bertz CT molecular complexity index is 719. The maximum atomic E-state index is 14.0. The number of halogens is 3. The summed E-state index contributed by atoms with van der Waals surface area (Å²) in [5.41, 5.74) is 2.65. The zero-order valence-electron chi connectivity index (χ0n) is 9.75. The van der Waals surface area contributed by atoms with E-state index in [4.69, 9.17) is 23.2 Å². The van der Waals surface area contributed by atoms with Crippen LogP contribution in [0.2, 0.25) is 10.0 Å². The average Bonchev–Trinajstić information content (AvgIpc) is 2.42. The van der Waals surface area contributed by atoms with Gasteiger partial charge in [-0.05, 0) is 35.7 Å². The molecule has 3 rings (SSSR count). The Hall–Kier alpha value is -1.56. The van der Waals surface area contributed by atoms with Crippen molar-refractivity contribution in [1.29, 1.82) is 5.26 Å². The van der Waals surface area contributed by atoms with Crippen LogP contribution >= 0.6 is 23.2 Å². The van der Waals surface area contributed by atoms with Crippen LogP contribution in [-0.2, 0) is 6.42 Å².